The van der Waals surface area contributed by atoms with Crippen molar-refractivity contribution >= 4 is 5.84 Å². The topological polar surface area (TPSA) is 50.4 Å². The highest BCUT2D eigenvalue weighted by molar-refractivity contribution is 5.85. The van der Waals surface area contributed by atoms with Gasteiger partial charge >= 0.3 is 0 Å². The SMILES string of the molecule is CCCN=C(NN)C1CCCC1(F)F. The zero-order chi connectivity index (χ0) is 10.6. The molecule has 1 atom stereocenters. The molecule has 1 aliphatic carbocycles. The second kappa shape index (κ2) is 4.68. The Morgan fingerprint density at radius 3 is 2.79 bits per heavy atom. The minimum Gasteiger partial charge on any atom is -0.312 e. The Labute approximate surface area is 82.7 Å². The Morgan fingerprint density at radius 1 is 1.64 bits per heavy atom. The fourth-order valence-corrected chi connectivity index (χ4v) is 1.75. The number of aliphatic imine (C=N–C) groups is 1. The lowest BCUT2D eigenvalue weighted by Crippen LogP contribution is -2.42. The molecule has 5 heteroatoms. The summed E-state index contributed by atoms with van der Waals surface area (Å²) in [6, 6.07) is 0. The molecular formula is C9H17F2N3. The first kappa shape index (κ1) is 11.4. The molecule has 0 bridgehead atoms. The van der Waals surface area contributed by atoms with Gasteiger partial charge in [-0.2, -0.15) is 0 Å². The van der Waals surface area contributed by atoms with Crippen LogP contribution in [0.1, 0.15) is 32.6 Å². The number of hydrogen-bond donors (Lipinski definition) is 2. The van der Waals surface area contributed by atoms with Gasteiger partial charge in [-0.05, 0) is 19.3 Å². The van der Waals surface area contributed by atoms with E-state index in [2.05, 4.69) is 10.4 Å². The molecule has 0 heterocycles. The lowest BCUT2D eigenvalue weighted by atomic mass is 10.0. The number of amidine groups is 1. The second-order valence-electron chi connectivity index (χ2n) is 3.62. The van der Waals surface area contributed by atoms with Crippen LogP contribution in [0, 0.1) is 5.92 Å². The van der Waals surface area contributed by atoms with Crippen molar-refractivity contribution in [3.63, 3.8) is 0 Å². The minimum atomic E-state index is -2.64. The number of hydrogen-bond acceptors (Lipinski definition) is 2. The lowest BCUT2D eigenvalue weighted by Gasteiger charge is -2.20. The van der Waals surface area contributed by atoms with E-state index < -0.39 is 11.8 Å². The van der Waals surface area contributed by atoms with Gasteiger partial charge in [-0.25, -0.2) is 14.6 Å². The standard InChI is InChI=1S/C9H17F2N3/c1-2-6-13-8(14-12)7-4-3-5-9(7,10)11/h7H,2-6,12H2,1H3,(H,13,14). The highest BCUT2D eigenvalue weighted by Crippen LogP contribution is 2.40. The Hall–Kier alpha value is -0.710. The number of rotatable bonds is 3. The van der Waals surface area contributed by atoms with Gasteiger partial charge in [-0.1, -0.05) is 6.92 Å². The monoisotopic (exact) mass is 205 g/mol. The van der Waals surface area contributed by atoms with Gasteiger partial charge in [0.25, 0.3) is 5.92 Å². The van der Waals surface area contributed by atoms with E-state index in [-0.39, 0.29) is 12.3 Å². The van der Waals surface area contributed by atoms with Crippen LogP contribution in [0.15, 0.2) is 4.99 Å². The van der Waals surface area contributed by atoms with Crippen LogP contribution < -0.4 is 11.3 Å². The number of nitrogens with two attached hydrogens (primary N) is 1. The maximum atomic E-state index is 13.3. The van der Waals surface area contributed by atoms with E-state index in [1.54, 1.807) is 0 Å². The average Bonchev–Trinajstić information content (AvgIpc) is 2.48. The summed E-state index contributed by atoms with van der Waals surface area (Å²) in [4.78, 5) is 4.04. The van der Waals surface area contributed by atoms with Gasteiger partial charge in [0, 0.05) is 13.0 Å². The van der Waals surface area contributed by atoms with Crippen LogP contribution in [0.25, 0.3) is 0 Å². The Kier molecular flexibility index (Phi) is 3.80. The number of hydrazine groups is 1. The van der Waals surface area contributed by atoms with E-state index in [1.165, 1.54) is 0 Å². The highest BCUT2D eigenvalue weighted by atomic mass is 19.3. The predicted molar refractivity (Wildman–Crippen MR) is 52.2 cm³/mol. The van der Waals surface area contributed by atoms with Gasteiger partial charge in [0.05, 0.1) is 5.92 Å². The zero-order valence-electron chi connectivity index (χ0n) is 8.39. The largest absolute Gasteiger partial charge is 0.312 e. The van der Waals surface area contributed by atoms with E-state index in [4.69, 9.17) is 5.84 Å². The van der Waals surface area contributed by atoms with Crippen LogP contribution in [0.3, 0.4) is 0 Å². The minimum absolute atomic E-state index is 0.0511. The predicted octanol–water partition coefficient (Wildman–Crippen LogP) is 1.69. The third-order valence-electron chi connectivity index (χ3n) is 2.50. The first-order valence-electron chi connectivity index (χ1n) is 5.00. The summed E-state index contributed by atoms with van der Waals surface area (Å²) in [7, 11) is 0. The quantitative estimate of drug-likeness (QED) is 0.319. The molecule has 0 radical (unpaired) electrons. The van der Waals surface area contributed by atoms with Crippen molar-refractivity contribution in [3.05, 3.63) is 0 Å². The third-order valence-corrected chi connectivity index (χ3v) is 2.50. The maximum Gasteiger partial charge on any atom is 0.257 e. The molecule has 1 unspecified atom stereocenters. The van der Waals surface area contributed by atoms with Gasteiger partial charge in [0.2, 0.25) is 0 Å². The van der Waals surface area contributed by atoms with Crippen LogP contribution >= 0.6 is 0 Å². The van der Waals surface area contributed by atoms with Gasteiger partial charge in [-0.3, -0.25) is 4.99 Å². The van der Waals surface area contributed by atoms with Crippen molar-refractivity contribution in [2.24, 2.45) is 16.8 Å². The fraction of sp³-hybridized carbons (Fsp3) is 0.889. The summed E-state index contributed by atoms with van der Waals surface area (Å²) in [5.74, 6) is 2.01. The van der Waals surface area contributed by atoms with Crippen LogP contribution in [0.2, 0.25) is 0 Å². The van der Waals surface area contributed by atoms with Gasteiger partial charge < -0.3 is 5.43 Å². The van der Waals surface area contributed by atoms with E-state index >= 15 is 0 Å². The fourth-order valence-electron chi connectivity index (χ4n) is 1.75. The van der Waals surface area contributed by atoms with E-state index in [1.807, 2.05) is 6.92 Å². The zero-order valence-corrected chi connectivity index (χ0v) is 8.39. The maximum absolute atomic E-state index is 13.3. The molecule has 82 valence electrons. The van der Waals surface area contributed by atoms with Crippen LogP contribution in [0.4, 0.5) is 8.78 Å². The average molecular weight is 205 g/mol. The van der Waals surface area contributed by atoms with Crippen LogP contribution in [0.5, 0.6) is 0 Å². The normalized spacial score (nSPS) is 26.6. The number of nitrogens with one attached hydrogen (secondary N) is 1. The molecule has 0 amide bonds. The van der Waals surface area contributed by atoms with Gasteiger partial charge in [0.1, 0.15) is 5.84 Å². The first-order chi connectivity index (χ1) is 6.61. The number of nitrogens with zero attached hydrogens (tertiary/aromatic N) is 1. The molecule has 1 fully saturated rings. The summed E-state index contributed by atoms with van der Waals surface area (Å²) in [5, 5.41) is 0. The van der Waals surface area contributed by atoms with Crippen molar-refractivity contribution in [2.75, 3.05) is 6.54 Å². The second-order valence-corrected chi connectivity index (χ2v) is 3.62. The molecule has 3 N–H and O–H groups in total. The molecule has 1 rings (SSSR count). The molecule has 0 aliphatic heterocycles. The summed E-state index contributed by atoms with van der Waals surface area (Å²) in [6.07, 6.45) is 1.80. The van der Waals surface area contributed by atoms with E-state index in [9.17, 15) is 8.78 Å². The summed E-state index contributed by atoms with van der Waals surface area (Å²) >= 11 is 0. The number of halogens is 2. The molecule has 0 spiro atoms. The molecule has 0 saturated heterocycles. The molecule has 0 aromatic carbocycles. The molecule has 1 saturated carbocycles. The van der Waals surface area contributed by atoms with Gasteiger partial charge in [-0.15, -0.1) is 0 Å². The summed E-state index contributed by atoms with van der Waals surface area (Å²) in [6.45, 7) is 2.50. The highest BCUT2D eigenvalue weighted by Gasteiger charge is 2.46. The third kappa shape index (κ3) is 2.41. The van der Waals surface area contributed by atoms with Crippen molar-refractivity contribution in [1.82, 2.24) is 5.43 Å². The molecule has 1 aliphatic rings. The molecular weight excluding hydrogens is 188 g/mol. The first-order valence-corrected chi connectivity index (χ1v) is 5.00. The molecule has 14 heavy (non-hydrogen) atoms. The summed E-state index contributed by atoms with van der Waals surface area (Å²) in [5.41, 5.74) is 2.30. The van der Waals surface area contributed by atoms with Gasteiger partial charge in [0.15, 0.2) is 0 Å². The van der Waals surface area contributed by atoms with E-state index in [0.717, 1.165) is 6.42 Å². The Balaban J connectivity index is 2.69. The van der Waals surface area contributed by atoms with Crippen LogP contribution in [-0.2, 0) is 0 Å². The molecule has 0 aromatic rings. The van der Waals surface area contributed by atoms with E-state index in [0.29, 0.717) is 19.4 Å². The van der Waals surface area contributed by atoms with Crippen molar-refractivity contribution in [2.45, 2.75) is 38.5 Å². The molecule has 3 nitrogen and oxygen atoms in total. The van der Waals surface area contributed by atoms with Crippen LogP contribution in [-0.4, -0.2) is 18.3 Å². The summed E-state index contributed by atoms with van der Waals surface area (Å²) < 4.78 is 26.6. The molecule has 0 aromatic heterocycles. The van der Waals surface area contributed by atoms with Crippen molar-refractivity contribution in [1.29, 1.82) is 0 Å². The lowest BCUT2D eigenvalue weighted by molar-refractivity contribution is -0.0145. The Morgan fingerprint density at radius 2 is 2.36 bits per heavy atom. The van der Waals surface area contributed by atoms with Crippen molar-refractivity contribution < 1.29 is 8.78 Å². The number of alkyl halides is 2. The van der Waals surface area contributed by atoms with Crippen molar-refractivity contribution in [3.8, 4) is 0 Å². The smallest absolute Gasteiger partial charge is 0.257 e. The Bertz CT molecular complexity index is 216.